The van der Waals surface area contributed by atoms with Gasteiger partial charge in [0, 0.05) is 37.7 Å². The summed E-state index contributed by atoms with van der Waals surface area (Å²) in [5.74, 6) is -6.76. The van der Waals surface area contributed by atoms with E-state index in [4.69, 9.17) is 23.7 Å². The first kappa shape index (κ1) is 44.9. The van der Waals surface area contributed by atoms with Crippen LogP contribution in [0.3, 0.4) is 0 Å². The molecule has 2 aliphatic heterocycles. The molecule has 8 rings (SSSR count). The summed E-state index contributed by atoms with van der Waals surface area (Å²) in [5, 5.41) is 40.8. The molecule has 3 aromatic carbocycles. The van der Waals surface area contributed by atoms with Crippen LogP contribution >= 0.6 is 0 Å². The molecular weight excluding hydrogens is 827 g/mol. The number of ether oxygens (including phenoxy) is 5. The van der Waals surface area contributed by atoms with Crippen LogP contribution in [0.25, 0.3) is 0 Å². The van der Waals surface area contributed by atoms with E-state index in [1.54, 1.807) is 80.6 Å². The molecule has 0 unspecified atom stereocenters. The number of rotatable bonds is 4. The van der Waals surface area contributed by atoms with Crippen LogP contribution in [-0.2, 0) is 55.7 Å². The van der Waals surface area contributed by atoms with Gasteiger partial charge in [0.05, 0.1) is 35.6 Å². The summed E-state index contributed by atoms with van der Waals surface area (Å²) in [5.41, 5.74) is -5.41. The fourth-order valence-electron chi connectivity index (χ4n) is 11.0. The Morgan fingerprint density at radius 3 is 2.16 bits per heavy atom. The zero-order valence-corrected chi connectivity index (χ0v) is 36.5. The molecule has 3 aromatic rings. The molecule has 0 aromatic heterocycles. The number of aliphatic hydroxyl groups excluding tert-OH is 2. The number of hydrogen-bond donors (Lipinski definition) is 4. The van der Waals surface area contributed by atoms with Crippen LogP contribution in [0.1, 0.15) is 97.8 Å². The van der Waals surface area contributed by atoms with Gasteiger partial charge in [0.15, 0.2) is 23.6 Å². The highest BCUT2D eigenvalue weighted by Crippen LogP contribution is 2.64. The number of aliphatic hydroxyl groups is 3. The summed E-state index contributed by atoms with van der Waals surface area (Å²) in [4.78, 5) is 84.6. The lowest BCUT2D eigenvalue weighted by Crippen LogP contribution is -2.82. The molecule has 64 heavy (non-hydrogen) atoms. The monoisotopic (exact) mass is 879 g/mol. The Balaban J connectivity index is 1.36. The van der Waals surface area contributed by atoms with E-state index in [0.29, 0.717) is 18.4 Å². The van der Waals surface area contributed by atoms with Crippen LogP contribution in [0.4, 0.5) is 0 Å². The molecule has 5 aliphatic rings. The molecule has 2 heterocycles. The third-order valence-corrected chi connectivity index (χ3v) is 14.5. The van der Waals surface area contributed by atoms with Crippen LogP contribution in [0.5, 0.6) is 0 Å². The second kappa shape index (κ2) is 16.4. The van der Waals surface area contributed by atoms with Gasteiger partial charge in [0.1, 0.15) is 23.9 Å². The van der Waals surface area contributed by atoms with Gasteiger partial charge in [-0.25, -0.2) is 9.59 Å². The van der Waals surface area contributed by atoms with E-state index in [1.807, 2.05) is 12.1 Å². The van der Waals surface area contributed by atoms with Gasteiger partial charge in [-0.3, -0.25) is 19.2 Å². The number of nitrogens with one attached hydrogen (secondary N) is 1. The standard InChI is InChI=1S/C49H53NO14/c1-25-33-23-49(59)42(40-47(6,34(53)22-35-48(40,24-60-35)64-27(3)52)41(55)39(61-26(2)51)36(25)46(49,4)5)63-44(57)32-17-11-13-29(21-32)19-18-28-12-10-16-31(20-28)37(38(54)45(58)62-33)50-43(56)30-14-8-7-9-15-30/h7-17,20-21,33-35,37-40,42,53-54,59H,18-19,22-24H2,1-6H3,(H,50,56)/t33-,34-,35+,37-,38+,39+,40-,42-,47+,48-,49+/m0/s1. The molecular formula is C49H53NO14. The normalized spacial score (nSPS) is 34.4. The molecule has 338 valence electrons. The highest BCUT2D eigenvalue weighted by molar-refractivity contribution is 5.96. The van der Waals surface area contributed by atoms with Crippen molar-refractivity contribution < 1.29 is 67.8 Å². The molecule has 3 aliphatic carbocycles. The van der Waals surface area contributed by atoms with Crippen molar-refractivity contribution in [1.29, 1.82) is 0 Å². The lowest BCUT2D eigenvalue weighted by atomic mass is 9.44. The first-order chi connectivity index (χ1) is 30.2. The highest BCUT2D eigenvalue weighted by atomic mass is 16.6. The number of benzene rings is 3. The molecule has 0 radical (unpaired) electrons. The summed E-state index contributed by atoms with van der Waals surface area (Å²) >= 11 is 0. The van der Waals surface area contributed by atoms with Crippen molar-refractivity contribution in [1.82, 2.24) is 5.32 Å². The van der Waals surface area contributed by atoms with Gasteiger partial charge in [-0.05, 0) is 78.8 Å². The summed E-state index contributed by atoms with van der Waals surface area (Å²) in [6.45, 7) is 8.06. The van der Waals surface area contributed by atoms with Gasteiger partial charge >= 0.3 is 23.9 Å². The Hall–Kier alpha value is -5.74. The first-order valence-electron chi connectivity index (χ1n) is 21.5. The van der Waals surface area contributed by atoms with Crippen LogP contribution in [0, 0.1) is 16.7 Å². The van der Waals surface area contributed by atoms with Gasteiger partial charge < -0.3 is 44.3 Å². The summed E-state index contributed by atoms with van der Waals surface area (Å²) < 4.78 is 30.6. The zero-order valence-electron chi connectivity index (χ0n) is 36.5. The van der Waals surface area contributed by atoms with Crippen molar-refractivity contribution in [2.75, 3.05) is 6.61 Å². The van der Waals surface area contributed by atoms with Crippen LogP contribution < -0.4 is 5.32 Å². The van der Waals surface area contributed by atoms with E-state index in [1.165, 1.54) is 13.8 Å². The number of carbonyl (C=O) groups is 6. The highest BCUT2D eigenvalue weighted by Gasteiger charge is 2.78. The van der Waals surface area contributed by atoms with Crippen molar-refractivity contribution in [2.24, 2.45) is 16.7 Å². The maximum Gasteiger partial charge on any atom is 0.338 e. The zero-order chi connectivity index (χ0) is 46.1. The largest absolute Gasteiger partial charge is 0.456 e. The molecule has 1 saturated heterocycles. The smallest absolute Gasteiger partial charge is 0.338 e. The minimum Gasteiger partial charge on any atom is -0.456 e. The molecule has 1 amide bonds. The Bertz CT molecular complexity index is 2450. The number of amides is 1. The van der Waals surface area contributed by atoms with E-state index in [0.717, 1.165) is 25.0 Å². The quantitative estimate of drug-likeness (QED) is 0.166. The average Bonchev–Trinajstić information content (AvgIpc) is 3.25. The SMILES string of the molecule is CC(=O)O[C@H]1C(=O)[C@@]2(C)[C@H]([C@@H]3OC(=O)c4cccc(c4)CCc4cccc(c4)[C@H](NC(=O)c4ccccc4)[C@@H](O)C(=O)O[C@H]4C[C@]3(O)C(C)(C)C1=C4C)[C@]1(OC(C)=O)CO[C@@H]1C[C@@H]2O. The number of carbonyl (C=O) groups excluding carboxylic acids is 6. The predicted octanol–water partition coefficient (Wildman–Crippen LogP) is 3.83. The summed E-state index contributed by atoms with van der Waals surface area (Å²) in [6, 6.07) is 20.6. The van der Waals surface area contributed by atoms with E-state index in [2.05, 4.69) is 5.32 Å². The maximum absolute atomic E-state index is 15.6. The van der Waals surface area contributed by atoms with Crippen LogP contribution in [-0.4, -0.2) is 105 Å². The first-order valence-corrected chi connectivity index (χ1v) is 21.5. The number of ketones is 1. The van der Waals surface area contributed by atoms with Crippen molar-refractivity contribution in [3.8, 4) is 0 Å². The number of esters is 4. The number of aryl methyl sites for hydroxylation is 2. The van der Waals surface area contributed by atoms with Gasteiger partial charge in [-0.2, -0.15) is 0 Å². The molecule has 2 saturated carbocycles. The molecule has 3 fully saturated rings. The topological polar surface area (TPSA) is 221 Å². The van der Waals surface area contributed by atoms with Crippen LogP contribution in [0.2, 0.25) is 0 Å². The van der Waals surface area contributed by atoms with Gasteiger partial charge in [-0.1, -0.05) is 68.4 Å². The predicted molar refractivity (Wildman–Crippen MR) is 225 cm³/mol. The Morgan fingerprint density at radius 2 is 1.52 bits per heavy atom. The lowest BCUT2D eigenvalue weighted by molar-refractivity contribution is -0.346. The Labute approximate surface area is 370 Å². The molecule has 11 atom stereocenters. The molecule has 15 nitrogen and oxygen atoms in total. The molecule has 4 N–H and O–H groups in total. The van der Waals surface area contributed by atoms with E-state index < -0.39 is 113 Å². The second-order valence-electron chi connectivity index (χ2n) is 18.5. The third-order valence-electron chi connectivity index (χ3n) is 14.5. The minimum atomic E-state index is -2.39. The van der Waals surface area contributed by atoms with E-state index >= 15 is 4.79 Å². The van der Waals surface area contributed by atoms with E-state index in [-0.39, 0.29) is 35.3 Å². The second-order valence-corrected chi connectivity index (χ2v) is 18.5. The number of Topliss-reactive ketones (excluding diaryl/α,β-unsaturated/α-hetero) is 1. The Morgan fingerprint density at radius 1 is 0.844 bits per heavy atom. The summed E-state index contributed by atoms with van der Waals surface area (Å²) in [6.07, 6.45) is -9.63. The molecule has 7 bridgehead atoms. The molecule has 0 spiro atoms. The van der Waals surface area contributed by atoms with Crippen molar-refractivity contribution in [3.63, 3.8) is 0 Å². The van der Waals surface area contributed by atoms with Crippen molar-refractivity contribution >= 4 is 35.6 Å². The lowest BCUT2D eigenvalue weighted by Gasteiger charge is -2.67. The fourth-order valence-corrected chi connectivity index (χ4v) is 11.0. The molecule has 15 heteroatoms. The van der Waals surface area contributed by atoms with Crippen LogP contribution in [0.15, 0.2) is 90.0 Å². The number of hydrogen-bond acceptors (Lipinski definition) is 14. The van der Waals surface area contributed by atoms with E-state index in [9.17, 15) is 39.3 Å². The van der Waals surface area contributed by atoms with Gasteiger partial charge in [-0.15, -0.1) is 0 Å². The van der Waals surface area contributed by atoms with Gasteiger partial charge in [0.2, 0.25) is 0 Å². The fraction of sp³-hybridized carbons (Fsp3) is 0.469. The third kappa shape index (κ3) is 7.22. The van der Waals surface area contributed by atoms with Crippen molar-refractivity contribution in [2.45, 2.75) is 121 Å². The van der Waals surface area contributed by atoms with Crippen molar-refractivity contribution in [3.05, 3.63) is 118 Å². The minimum absolute atomic E-state index is 0.00761. The summed E-state index contributed by atoms with van der Waals surface area (Å²) in [7, 11) is 0. The maximum atomic E-state index is 15.6. The number of fused-ring (bicyclic) bond motifs is 10. The van der Waals surface area contributed by atoms with Gasteiger partial charge in [0.25, 0.3) is 5.91 Å². The Kier molecular flexibility index (Phi) is 11.5. The average molecular weight is 880 g/mol.